The van der Waals surface area contributed by atoms with E-state index in [0.29, 0.717) is 23.0 Å². The highest BCUT2D eigenvalue weighted by atomic mass is 35.5. The summed E-state index contributed by atoms with van der Waals surface area (Å²) in [4.78, 5) is 23.0. The molecule has 4 aliphatic carbocycles. The number of benzene rings is 1. The van der Waals surface area contributed by atoms with Crippen molar-refractivity contribution >= 4 is 23.5 Å². The van der Waals surface area contributed by atoms with Gasteiger partial charge in [-0.25, -0.2) is 4.89 Å². The number of aliphatic hydroxyl groups is 1. The highest BCUT2D eigenvalue weighted by Gasteiger charge is 2.77. The van der Waals surface area contributed by atoms with Crippen LogP contribution in [0.1, 0.15) is 43.2 Å². The Bertz CT molecular complexity index is 848. The number of carbonyl (C=O) groups is 1. The summed E-state index contributed by atoms with van der Waals surface area (Å²) < 4.78 is 5.98. The summed E-state index contributed by atoms with van der Waals surface area (Å²) in [6, 6.07) is 3.44. The average molecular weight is 421 g/mol. The first-order valence-electron chi connectivity index (χ1n) is 10.2. The van der Waals surface area contributed by atoms with Crippen LogP contribution >= 0.6 is 11.6 Å². The van der Waals surface area contributed by atoms with Crippen LogP contribution in [-0.2, 0) is 25.1 Å². The van der Waals surface area contributed by atoms with Crippen molar-refractivity contribution in [2.75, 3.05) is 13.7 Å². The molecule has 4 saturated carbocycles. The monoisotopic (exact) mass is 420 g/mol. The first kappa shape index (κ1) is 19.5. The number of hydrogen-bond donors (Lipinski definition) is 2. The molecule has 2 N–H and O–H groups in total. The van der Waals surface area contributed by atoms with Crippen LogP contribution in [0.25, 0.3) is 6.08 Å². The third kappa shape index (κ3) is 2.53. The van der Waals surface area contributed by atoms with Crippen LogP contribution in [0.5, 0.6) is 5.75 Å². The summed E-state index contributed by atoms with van der Waals surface area (Å²) in [7, 11) is 1.59. The van der Waals surface area contributed by atoms with Gasteiger partial charge in [-0.3, -0.25) is 4.79 Å². The molecule has 156 valence electrons. The fraction of sp³-hybridized carbons (Fsp3) is 0.591. The van der Waals surface area contributed by atoms with Crippen LogP contribution < -0.4 is 0 Å². The average Bonchev–Trinajstić information content (AvgIpc) is 2.69. The third-order valence-electron chi connectivity index (χ3n) is 7.56. The fourth-order valence-corrected chi connectivity index (χ4v) is 6.83. The quantitative estimate of drug-likeness (QED) is 0.559. The van der Waals surface area contributed by atoms with Crippen molar-refractivity contribution in [1.29, 1.82) is 0 Å². The molecular formula is C22H25ClO6. The summed E-state index contributed by atoms with van der Waals surface area (Å²) in [6.07, 6.45) is 8.38. The number of ether oxygens (including phenoxy) is 1. The van der Waals surface area contributed by atoms with Crippen molar-refractivity contribution in [3.8, 4) is 5.75 Å². The maximum absolute atomic E-state index is 11.3. The van der Waals surface area contributed by atoms with Gasteiger partial charge >= 0.3 is 0 Å². The van der Waals surface area contributed by atoms with Crippen LogP contribution in [0.2, 0.25) is 5.02 Å². The smallest absolute Gasteiger partial charge is 0.262 e. The van der Waals surface area contributed by atoms with E-state index >= 15 is 0 Å². The van der Waals surface area contributed by atoms with Crippen LogP contribution in [0.15, 0.2) is 18.2 Å². The molecule has 6 nitrogen and oxygen atoms in total. The zero-order chi connectivity index (χ0) is 20.4. The lowest BCUT2D eigenvalue weighted by Crippen LogP contribution is -2.76. The number of phenols is 1. The molecule has 0 amide bonds. The molecule has 0 aromatic heterocycles. The second kappa shape index (κ2) is 6.79. The fourth-order valence-electron chi connectivity index (χ4n) is 6.53. The van der Waals surface area contributed by atoms with Gasteiger partial charge in [-0.2, -0.15) is 4.89 Å². The maximum Gasteiger partial charge on any atom is 0.262 e. The van der Waals surface area contributed by atoms with Crippen molar-refractivity contribution in [3.05, 3.63) is 34.4 Å². The molecule has 1 aromatic rings. The normalized spacial score (nSPS) is 40.0. The van der Waals surface area contributed by atoms with Crippen molar-refractivity contribution in [3.63, 3.8) is 0 Å². The molecule has 1 saturated heterocycles. The molecule has 7 heteroatoms. The Kier molecular flexibility index (Phi) is 4.57. The van der Waals surface area contributed by atoms with Crippen LogP contribution in [0.4, 0.5) is 0 Å². The van der Waals surface area contributed by atoms with Crippen molar-refractivity contribution in [2.45, 2.75) is 43.5 Å². The Labute approximate surface area is 174 Å². The number of hydrogen-bond acceptors (Lipinski definition) is 6. The topological polar surface area (TPSA) is 85.2 Å². The van der Waals surface area contributed by atoms with Gasteiger partial charge in [0, 0.05) is 18.2 Å². The van der Waals surface area contributed by atoms with Gasteiger partial charge in [-0.1, -0.05) is 23.7 Å². The highest BCUT2D eigenvalue weighted by Crippen LogP contribution is 2.70. The largest absolute Gasteiger partial charge is 0.506 e. The minimum Gasteiger partial charge on any atom is -0.506 e. The summed E-state index contributed by atoms with van der Waals surface area (Å²) >= 11 is 6.59. The summed E-state index contributed by atoms with van der Waals surface area (Å²) in [5.41, 5.74) is 0.338. The molecule has 4 bridgehead atoms. The number of halogens is 1. The zero-order valence-electron chi connectivity index (χ0n) is 16.3. The highest BCUT2D eigenvalue weighted by molar-refractivity contribution is 6.33. The minimum atomic E-state index is -1.16. The minimum absolute atomic E-state index is 0.127. The molecule has 5 aliphatic rings. The van der Waals surface area contributed by atoms with Gasteiger partial charge in [-0.15, -0.1) is 0 Å². The number of aromatic hydroxyl groups is 1. The molecule has 1 unspecified atom stereocenters. The summed E-state index contributed by atoms with van der Waals surface area (Å²) in [5, 5.41) is 19.7. The Morgan fingerprint density at radius 1 is 1.21 bits per heavy atom. The van der Waals surface area contributed by atoms with Gasteiger partial charge in [0.1, 0.15) is 12.4 Å². The molecule has 1 atom stereocenters. The van der Waals surface area contributed by atoms with E-state index in [4.69, 9.17) is 31.2 Å². The Hall–Kier alpha value is -1.44. The summed E-state index contributed by atoms with van der Waals surface area (Å²) in [5.74, 6) is 0.413. The number of ketones is 1. The summed E-state index contributed by atoms with van der Waals surface area (Å²) in [6.45, 7) is -0.589. The molecular weight excluding hydrogens is 396 g/mol. The second-order valence-electron chi connectivity index (χ2n) is 8.91. The molecule has 29 heavy (non-hydrogen) atoms. The van der Waals surface area contributed by atoms with Gasteiger partial charge in [-0.05, 0) is 67.9 Å². The molecule has 0 radical (unpaired) electrons. The lowest BCUT2D eigenvalue weighted by Gasteiger charge is -2.68. The van der Waals surface area contributed by atoms with E-state index in [2.05, 4.69) is 0 Å². The Morgan fingerprint density at radius 3 is 2.38 bits per heavy atom. The second-order valence-corrected chi connectivity index (χ2v) is 9.29. The van der Waals surface area contributed by atoms with Gasteiger partial charge in [0.15, 0.2) is 11.4 Å². The van der Waals surface area contributed by atoms with Gasteiger partial charge in [0.05, 0.1) is 5.02 Å². The van der Waals surface area contributed by atoms with Crippen LogP contribution in [-0.4, -0.2) is 35.3 Å². The predicted molar refractivity (Wildman–Crippen MR) is 105 cm³/mol. The molecule has 1 heterocycles. The maximum atomic E-state index is 11.3. The number of aliphatic hydroxyl groups excluding tert-OH is 1. The molecule has 5 fully saturated rings. The number of phenolic OH excluding ortho intramolecular Hbond substituents is 1. The van der Waals surface area contributed by atoms with Crippen molar-refractivity contribution < 1.29 is 29.5 Å². The molecule has 1 aromatic carbocycles. The predicted octanol–water partition coefficient (Wildman–Crippen LogP) is 3.58. The lowest BCUT2D eigenvalue weighted by molar-refractivity contribution is -0.645. The number of carbonyl (C=O) groups excluding carboxylic acids is 1. The van der Waals surface area contributed by atoms with E-state index in [1.54, 1.807) is 19.2 Å². The molecule has 6 rings (SSSR count). The van der Waals surface area contributed by atoms with Crippen LogP contribution in [0.3, 0.4) is 0 Å². The molecule has 1 aliphatic heterocycles. The van der Waals surface area contributed by atoms with E-state index in [1.165, 1.54) is 18.6 Å². The van der Waals surface area contributed by atoms with E-state index in [0.717, 1.165) is 37.5 Å². The Morgan fingerprint density at radius 2 is 1.86 bits per heavy atom. The van der Waals surface area contributed by atoms with Crippen LogP contribution in [0, 0.1) is 23.7 Å². The van der Waals surface area contributed by atoms with E-state index < -0.39 is 23.8 Å². The standard InChI is InChI=1S/C22H25ClO6/c1-27-22(18-5-3-14(20(26)19(18)23)2-4-17(25)11-24)21(28-29-22)15-7-12-6-13(9-15)10-16(21)8-12/h2-5,12-13,15-16,24,26H,6-11H2,1H3/b4-2+. The lowest BCUT2D eigenvalue weighted by atomic mass is 9.47. The van der Waals surface area contributed by atoms with Crippen molar-refractivity contribution in [2.24, 2.45) is 23.7 Å². The number of rotatable bonds is 5. The van der Waals surface area contributed by atoms with Gasteiger partial charge < -0.3 is 14.9 Å². The first-order chi connectivity index (χ1) is 13.9. The zero-order valence-corrected chi connectivity index (χ0v) is 17.0. The molecule has 1 spiro atoms. The van der Waals surface area contributed by atoms with Gasteiger partial charge in [0.25, 0.3) is 5.79 Å². The third-order valence-corrected chi connectivity index (χ3v) is 7.94. The van der Waals surface area contributed by atoms with Gasteiger partial charge in [0.2, 0.25) is 0 Å². The van der Waals surface area contributed by atoms with Crippen molar-refractivity contribution in [1.82, 2.24) is 0 Å². The van der Waals surface area contributed by atoms with E-state index in [9.17, 15) is 9.90 Å². The van der Waals surface area contributed by atoms with E-state index in [1.807, 2.05) is 0 Å². The number of methoxy groups -OCH3 is 1. The Balaban J connectivity index is 1.55. The van der Waals surface area contributed by atoms with E-state index in [-0.39, 0.29) is 10.8 Å². The first-order valence-corrected chi connectivity index (χ1v) is 10.6. The SMILES string of the molecule is COC1(c2ccc(/C=C/C(=O)CO)c(O)c2Cl)OOC12C1CC3CC(C1)CC2C3.